The minimum atomic E-state index is -0.927. The summed E-state index contributed by atoms with van der Waals surface area (Å²) in [5, 5.41) is 9.07. The van der Waals surface area contributed by atoms with E-state index < -0.39 is 5.97 Å². The van der Waals surface area contributed by atoms with Crippen molar-refractivity contribution in [1.29, 1.82) is 0 Å². The van der Waals surface area contributed by atoms with E-state index in [4.69, 9.17) is 5.11 Å². The van der Waals surface area contributed by atoms with E-state index in [9.17, 15) is 4.79 Å². The van der Waals surface area contributed by atoms with Crippen LogP contribution in [0.5, 0.6) is 0 Å². The van der Waals surface area contributed by atoms with Crippen molar-refractivity contribution in [1.82, 2.24) is 9.97 Å². The Morgan fingerprint density at radius 1 is 1.16 bits per heavy atom. The lowest BCUT2D eigenvalue weighted by molar-refractivity contribution is 0.0697. The number of aromatic carboxylic acids is 1. The number of rotatable bonds is 5. The topological polar surface area (TPSA) is 78.7 Å². The van der Waals surface area contributed by atoms with Crippen LogP contribution >= 0.6 is 0 Å². The standard InChI is InChI=1S/C19H20N4O2/c1-3-20-17(14-5-7-15(8-6-14)18(24)25)16-12-23(11-13(16)2)19-21-9-4-10-22-19/h4-10H,3,11-12H2,1-2H3,(H,24,25). The van der Waals surface area contributed by atoms with Gasteiger partial charge in [0, 0.05) is 37.6 Å². The average Bonchev–Trinajstić information content (AvgIpc) is 3.02. The zero-order chi connectivity index (χ0) is 17.8. The molecule has 2 aromatic rings. The number of hydrogen-bond acceptors (Lipinski definition) is 5. The maximum absolute atomic E-state index is 11.1. The zero-order valence-corrected chi connectivity index (χ0v) is 14.3. The molecule has 1 aliphatic rings. The smallest absolute Gasteiger partial charge is 0.335 e. The van der Waals surface area contributed by atoms with Crippen LogP contribution in [0.2, 0.25) is 0 Å². The Morgan fingerprint density at radius 2 is 1.80 bits per heavy atom. The Labute approximate surface area is 146 Å². The van der Waals surface area contributed by atoms with E-state index in [2.05, 4.69) is 26.8 Å². The Morgan fingerprint density at radius 3 is 2.40 bits per heavy atom. The van der Waals surface area contributed by atoms with Gasteiger partial charge in [-0.15, -0.1) is 0 Å². The normalized spacial score (nSPS) is 15.0. The van der Waals surface area contributed by atoms with Crippen LogP contribution in [0.4, 0.5) is 5.95 Å². The molecule has 1 aromatic heterocycles. The molecule has 1 aliphatic heterocycles. The lowest BCUT2D eigenvalue weighted by atomic mass is 9.99. The first-order valence-electron chi connectivity index (χ1n) is 8.19. The lowest BCUT2D eigenvalue weighted by Crippen LogP contribution is -2.24. The largest absolute Gasteiger partial charge is 0.478 e. The third-order valence-electron chi connectivity index (χ3n) is 4.13. The minimum absolute atomic E-state index is 0.274. The van der Waals surface area contributed by atoms with E-state index in [1.807, 2.05) is 19.1 Å². The van der Waals surface area contributed by atoms with Crippen LogP contribution in [0, 0.1) is 0 Å². The van der Waals surface area contributed by atoms with Gasteiger partial charge in [-0.05, 0) is 43.2 Å². The molecule has 1 aromatic carbocycles. The fourth-order valence-electron chi connectivity index (χ4n) is 2.93. The van der Waals surface area contributed by atoms with Crippen LogP contribution in [-0.4, -0.2) is 46.4 Å². The molecule has 0 unspecified atom stereocenters. The van der Waals surface area contributed by atoms with E-state index in [0.717, 1.165) is 23.4 Å². The highest BCUT2D eigenvalue weighted by atomic mass is 16.4. The number of hydrogen-bond donors (Lipinski definition) is 1. The third kappa shape index (κ3) is 3.57. The molecule has 0 spiro atoms. The van der Waals surface area contributed by atoms with Crippen molar-refractivity contribution >= 4 is 17.6 Å². The van der Waals surface area contributed by atoms with Gasteiger partial charge in [0.25, 0.3) is 0 Å². The number of benzene rings is 1. The molecule has 0 fully saturated rings. The van der Waals surface area contributed by atoms with Crippen molar-refractivity contribution in [2.45, 2.75) is 13.8 Å². The van der Waals surface area contributed by atoms with E-state index in [1.165, 1.54) is 5.57 Å². The van der Waals surface area contributed by atoms with Crippen molar-refractivity contribution in [2.75, 3.05) is 24.5 Å². The molecule has 6 nitrogen and oxygen atoms in total. The van der Waals surface area contributed by atoms with Crippen molar-refractivity contribution in [3.8, 4) is 0 Å². The molecule has 6 heteroatoms. The molecule has 0 aliphatic carbocycles. The Balaban J connectivity index is 1.89. The fraction of sp³-hybridized carbons (Fsp3) is 0.263. The molecule has 0 atom stereocenters. The highest BCUT2D eigenvalue weighted by Gasteiger charge is 2.25. The van der Waals surface area contributed by atoms with E-state index >= 15 is 0 Å². The molecule has 0 bridgehead atoms. The van der Waals surface area contributed by atoms with Crippen LogP contribution in [-0.2, 0) is 0 Å². The maximum Gasteiger partial charge on any atom is 0.335 e. The summed E-state index contributed by atoms with van der Waals surface area (Å²) in [6.45, 7) is 6.20. The molecule has 0 amide bonds. The molecule has 0 saturated carbocycles. The Hall–Kier alpha value is -3.02. The van der Waals surface area contributed by atoms with Gasteiger partial charge in [-0.3, -0.25) is 4.99 Å². The second-order valence-corrected chi connectivity index (χ2v) is 5.87. The van der Waals surface area contributed by atoms with Crippen molar-refractivity contribution in [3.63, 3.8) is 0 Å². The number of aliphatic imine (C=N–C) groups is 1. The quantitative estimate of drug-likeness (QED) is 0.850. The fourth-order valence-corrected chi connectivity index (χ4v) is 2.93. The monoisotopic (exact) mass is 336 g/mol. The van der Waals surface area contributed by atoms with Gasteiger partial charge in [-0.1, -0.05) is 12.1 Å². The predicted molar refractivity (Wildman–Crippen MR) is 97.4 cm³/mol. The van der Waals surface area contributed by atoms with Crippen molar-refractivity contribution in [2.24, 2.45) is 4.99 Å². The van der Waals surface area contributed by atoms with Gasteiger partial charge in [0.15, 0.2) is 0 Å². The number of carboxylic acids is 1. The summed E-state index contributed by atoms with van der Waals surface area (Å²) in [5.74, 6) is -0.224. The second kappa shape index (κ2) is 7.25. The average molecular weight is 336 g/mol. The van der Waals surface area contributed by atoms with Gasteiger partial charge >= 0.3 is 5.97 Å². The van der Waals surface area contributed by atoms with Gasteiger partial charge in [-0.25, -0.2) is 14.8 Å². The van der Waals surface area contributed by atoms with Crippen molar-refractivity contribution < 1.29 is 9.90 Å². The first kappa shape index (κ1) is 16.8. The maximum atomic E-state index is 11.1. The van der Waals surface area contributed by atoms with E-state index in [1.54, 1.807) is 30.6 Å². The summed E-state index contributed by atoms with van der Waals surface area (Å²) in [4.78, 5) is 26.5. The van der Waals surface area contributed by atoms with Crippen LogP contribution in [0.15, 0.2) is 58.9 Å². The SMILES string of the molecule is CCN=C(C1=C(C)CN(c2ncccn2)C1)c1ccc(C(=O)O)cc1. The van der Waals surface area contributed by atoms with E-state index in [0.29, 0.717) is 19.0 Å². The van der Waals surface area contributed by atoms with E-state index in [-0.39, 0.29) is 5.56 Å². The molecule has 2 heterocycles. The van der Waals surface area contributed by atoms with Crippen LogP contribution in [0.1, 0.15) is 29.8 Å². The summed E-state index contributed by atoms with van der Waals surface area (Å²) in [5.41, 5.74) is 4.49. The molecule has 25 heavy (non-hydrogen) atoms. The van der Waals surface area contributed by atoms with Gasteiger partial charge < -0.3 is 10.0 Å². The van der Waals surface area contributed by atoms with Crippen LogP contribution in [0.3, 0.4) is 0 Å². The summed E-state index contributed by atoms with van der Waals surface area (Å²) < 4.78 is 0. The second-order valence-electron chi connectivity index (χ2n) is 5.87. The van der Waals surface area contributed by atoms with Gasteiger partial charge in [0.05, 0.1) is 11.3 Å². The van der Waals surface area contributed by atoms with Gasteiger partial charge in [-0.2, -0.15) is 0 Å². The van der Waals surface area contributed by atoms with Gasteiger partial charge in [0.1, 0.15) is 0 Å². The summed E-state index contributed by atoms with van der Waals surface area (Å²) in [7, 11) is 0. The number of carbonyl (C=O) groups is 1. The summed E-state index contributed by atoms with van der Waals surface area (Å²) >= 11 is 0. The highest BCUT2D eigenvalue weighted by Crippen LogP contribution is 2.25. The summed E-state index contributed by atoms with van der Waals surface area (Å²) in [6, 6.07) is 8.67. The molecule has 3 rings (SSSR count). The molecule has 0 saturated heterocycles. The zero-order valence-electron chi connectivity index (χ0n) is 14.3. The molecule has 0 radical (unpaired) electrons. The van der Waals surface area contributed by atoms with Crippen molar-refractivity contribution in [3.05, 3.63) is 65.0 Å². The third-order valence-corrected chi connectivity index (χ3v) is 4.13. The van der Waals surface area contributed by atoms with Gasteiger partial charge in [0.2, 0.25) is 5.95 Å². The van der Waals surface area contributed by atoms with Crippen LogP contribution < -0.4 is 4.90 Å². The summed E-state index contributed by atoms with van der Waals surface area (Å²) in [6.07, 6.45) is 3.47. The first-order chi connectivity index (χ1) is 12.1. The Kier molecular flexibility index (Phi) is 4.88. The molecular formula is C19H20N4O2. The predicted octanol–water partition coefficient (Wildman–Crippen LogP) is 2.82. The molecule has 128 valence electrons. The molecule has 1 N–H and O–H groups in total. The number of carboxylic acid groups (broad SMARTS) is 1. The Bertz CT molecular complexity index is 826. The first-order valence-corrected chi connectivity index (χ1v) is 8.19. The van der Waals surface area contributed by atoms with Crippen LogP contribution in [0.25, 0.3) is 0 Å². The highest BCUT2D eigenvalue weighted by molar-refractivity contribution is 6.14. The number of nitrogens with zero attached hydrogens (tertiary/aromatic N) is 4. The lowest BCUT2D eigenvalue weighted by Gasteiger charge is -2.16. The minimum Gasteiger partial charge on any atom is -0.478 e. The number of aromatic nitrogens is 2. The molecular weight excluding hydrogens is 316 g/mol. The number of anilines is 1.